The predicted octanol–water partition coefficient (Wildman–Crippen LogP) is 5.89. The Morgan fingerprint density at radius 3 is 2.60 bits per heavy atom. The Balaban J connectivity index is 2.19. The van der Waals surface area contributed by atoms with Gasteiger partial charge in [0.15, 0.2) is 0 Å². The standard InChI is InChI=1S/C15H14BrClINO/c1-9(10-3-6-15(20-2)12(16)7-10)19-14-5-4-11(18)8-13(14)17/h3-9,19H,1-2H3. The molecule has 0 aliphatic carbocycles. The van der Waals surface area contributed by atoms with Crippen LogP contribution in [0.5, 0.6) is 5.75 Å². The number of halogens is 3. The van der Waals surface area contributed by atoms with Crippen LogP contribution in [0.4, 0.5) is 5.69 Å². The fraction of sp³-hybridized carbons (Fsp3) is 0.200. The molecule has 0 aromatic heterocycles. The molecule has 2 aromatic rings. The summed E-state index contributed by atoms with van der Waals surface area (Å²) in [6.45, 7) is 2.10. The number of ether oxygens (including phenoxy) is 1. The highest BCUT2D eigenvalue weighted by molar-refractivity contribution is 14.1. The lowest BCUT2D eigenvalue weighted by atomic mass is 10.1. The van der Waals surface area contributed by atoms with Gasteiger partial charge in [-0.2, -0.15) is 0 Å². The smallest absolute Gasteiger partial charge is 0.133 e. The Kier molecular flexibility index (Phi) is 5.57. The second-order valence-corrected chi connectivity index (χ2v) is 6.89. The lowest BCUT2D eigenvalue weighted by molar-refractivity contribution is 0.412. The molecule has 1 unspecified atom stereocenters. The monoisotopic (exact) mass is 465 g/mol. The van der Waals surface area contributed by atoms with Crippen LogP contribution in [-0.2, 0) is 0 Å². The second kappa shape index (κ2) is 7.00. The van der Waals surface area contributed by atoms with E-state index in [0.29, 0.717) is 0 Å². The highest BCUT2D eigenvalue weighted by Gasteiger charge is 2.10. The minimum Gasteiger partial charge on any atom is -0.496 e. The van der Waals surface area contributed by atoms with Crippen molar-refractivity contribution in [2.24, 2.45) is 0 Å². The van der Waals surface area contributed by atoms with Crippen molar-refractivity contribution in [2.75, 3.05) is 12.4 Å². The summed E-state index contributed by atoms with van der Waals surface area (Å²) < 4.78 is 7.31. The molecule has 1 atom stereocenters. The zero-order valence-electron chi connectivity index (χ0n) is 11.1. The van der Waals surface area contributed by atoms with Gasteiger partial charge in [0.2, 0.25) is 0 Å². The van der Waals surface area contributed by atoms with Gasteiger partial charge in [-0.1, -0.05) is 17.7 Å². The molecule has 2 nitrogen and oxygen atoms in total. The summed E-state index contributed by atoms with van der Waals surface area (Å²) in [4.78, 5) is 0. The van der Waals surface area contributed by atoms with Crippen molar-refractivity contribution in [3.05, 3.63) is 55.0 Å². The van der Waals surface area contributed by atoms with E-state index in [9.17, 15) is 0 Å². The molecule has 1 N–H and O–H groups in total. The summed E-state index contributed by atoms with van der Waals surface area (Å²) >= 11 is 12.0. The van der Waals surface area contributed by atoms with E-state index in [0.717, 1.165) is 30.1 Å². The van der Waals surface area contributed by atoms with Gasteiger partial charge in [-0.05, 0) is 81.3 Å². The van der Waals surface area contributed by atoms with Gasteiger partial charge >= 0.3 is 0 Å². The van der Waals surface area contributed by atoms with Gasteiger partial charge in [0, 0.05) is 9.61 Å². The Hall–Kier alpha value is -0.460. The number of nitrogens with one attached hydrogen (secondary N) is 1. The molecular weight excluding hydrogens is 452 g/mol. The summed E-state index contributed by atoms with van der Waals surface area (Å²) in [6.07, 6.45) is 0. The molecule has 0 bridgehead atoms. The quantitative estimate of drug-likeness (QED) is 0.568. The highest BCUT2D eigenvalue weighted by atomic mass is 127. The minimum atomic E-state index is 0.148. The molecule has 106 valence electrons. The van der Waals surface area contributed by atoms with Crippen LogP contribution in [0, 0.1) is 3.57 Å². The van der Waals surface area contributed by atoms with E-state index < -0.39 is 0 Å². The molecule has 0 saturated carbocycles. The molecule has 0 fully saturated rings. The van der Waals surface area contributed by atoms with Crippen molar-refractivity contribution in [1.82, 2.24) is 0 Å². The number of benzene rings is 2. The van der Waals surface area contributed by atoms with Gasteiger partial charge < -0.3 is 10.1 Å². The van der Waals surface area contributed by atoms with Gasteiger partial charge in [0.25, 0.3) is 0 Å². The molecule has 0 amide bonds. The van der Waals surface area contributed by atoms with Crippen molar-refractivity contribution in [3.63, 3.8) is 0 Å². The van der Waals surface area contributed by atoms with Gasteiger partial charge in [0.05, 0.1) is 22.3 Å². The summed E-state index contributed by atoms with van der Waals surface area (Å²) in [6, 6.07) is 12.2. The lowest BCUT2D eigenvalue weighted by Gasteiger charge is -2.18. The molecule has 2 rings (SSSR count). The molecule has 0 aliphatic rings. The first kappa shape index (κ1) is 15.9. The number of hydrogen-bond acceptors (Lipinski definition) is 2. The van der Waals surface area contributed by atoms with Crippen LogP contribution < -0.4 is 10.1 Å². The van der Waals surface area contributed by atoms with E-state index in [4.69, 9.17) is 16.3 Å². The van der Waals surface area contributed by atoms with Gasteiger partial charge in [0.1, 0.15) is 5.75 Å². The maximum atomic E-state index is 6.24. The normalized spacial score (nSPS) is 12.1. The van der Waals surface area contributed by atoms with Gasteiger partial charge in [-0.15, -0.1) is 0 Å². The highest BCUT2D eigenvalue weighted by Crippen LogP contribution is 2.31. The van der Waals surface area contributed by atoms with Crippen LogP contribution in [0.3, 0.4) is 0 Å². The van der Waals surface area contributed by atoms with Crippen LogP contribution in [0.1, 0.15) is 18.5 Å². The molecule has 0 spiro atoms. The largest absolute Gasteiger partial charge is 0.496 e. The van der Waals surface area contributed by atoms with E-state index in [1.54, 1.807) is 7.11 Å². The van der Waals surface area contributed by atoms with E-state index in [-0.39, 0.29) is 6.04 Å². The Bertz CT molecular complexity index is 621. The third kappa shape index (κ3) is 3.80. The predicted molar refractivity (Wildman–Crippen MR) is 96.9 cm³/mol. The fourth-order valence-corrected chi connectivity index (χ4v) is 3.34. The first-order valence-corrected chi connectivity index (χ1v) is 8.31. The maximum Gasteiger partial charge on any atom is 0.133 e. The van der Waals surface area contributed by atoms with Gasteiger partial charge in [-0.25, -0.2) is 0 Å². The second-order valence-electron chi connectivity index (χ2n) is 4.38. The number of methoxy groups -OCH3 is 1. The average Bonchev–Trinajstić information content (AvgIpc) is 2.41. The van der Waals surface area contributed by atoms with E-state index in [1.807, 2.05) is 30.3 Å². The first-order valence-electron chi connectivity index (χ1n) is 6.06. The summed E-state index contributed by atoms with van der Waals surface area (Å²) in [7, 11) is 1.66. The molecule has 0 aliphatic heterocycles. The molecule has 2 aromatic carbocycles. The van der Waals surface area contributed by atoms with Crippen molar-refractivity contribution in [1.29, 1.82) is 0 Å². The van der Waals surface area contributed by atoms with Crippen LogP contribution in [-0.4, -0.2) is 7.11 Å². The fourth-order valence-electron chi connectivity index (χ4n) is 1.88. The van der Waals surface area contributed by atoms with Crippen LogP contribution in [0.15, 0.2) is 40.9 Å². The molecular formula is C15H14BrClINO. The molecule has 20 heavy (non-hydrogen) atoms. The van der Waals surface area contributed by atoms with Crippen LogP contribution in [0.2, 0.25) is 5.02 Å². The number of anilines is 1. The SMILES string of the molecule is COc1ccc(C(C)Nc2ccc(I)cc2Cl)cc1Br. The average molecular weight is 467 g/mol. The van der Waals surface area contributed by atoms with E-state index in [1.165, 1.54) is 0 Å². The lowest BCUT2D eigenvalue weighted by Crippen LogP contribution is -2.07. The van der Waals surface area contributed by atoms with E-state index >= 15 is 0 Å². The first-order chi connectivity index (χ1) is 9.51. The van der Waals surface area contributed by atoms with Gasteiger partial charge in [-0.3, -0.25) is 0 Å². The van der Waals surface area contributed by atoms with Crippen molar-refractivity contribution in [3.8, 4) is 5.75 Å². The van der Waals surface area contributed by atoms with Crippen molar-refractivity contribution >= 4 is 55.8 Å². The van der Waals surface area contributed by atoms with Crippen molar-refractivity contribution < 1.29 is 4.74 Å². The topological polar surface area (TPSA) is 21.3 Å². The van der Waals surface area contributed by atoms with Crippen LogP contribution in [0.25, 0.3) is 0 Å². The molecule has 0 heterocycles. The molecule has 0 radical (unpaired) electrons. The minimum absolute atomic E-state index is 0.148. The van der Waals surface area contributed by atoms with E-state index in [2.05, 4.69) is 56.8 Å². The maximum absolute atomic E-state index is 6.24. The number of hydrogen-bond donors (Lipinski definition) is 1. The summed E-state index contributed by atoms with van der Waals surface area (Å²) in [5.41, 5.74) is 2.10. The van der Waals surface area contributed by atoms with Crippen LogP contribution >= 0.6 is 50.1 Å². The zero-order chi connectivity index (χ0) is 14.7. The molecule has 0 saturated heterocycles. The Morgan fingerprint density at radius 1 is 1.25 bits per heavy atom. The summed E-state index contributed by atoms with van der Waals surface area (Å²) in [5.74, 6) is 0.827. The molecule has 5 heteroatoms. The third-order valence-corrected chi connectivity index (χ3v) is 4.58. The summed E-state index contributed by atoms with van der Waals surface area (Å²) in [5, 5.41) is 4.15. The van der Waals surface area contributed by atoms with Crippen molar-refractivity contribution in [2.45, 2.75) is 13.0 Å². The Morgan fingerprint density at radius 2 is 2.00 bits per heavy atom. The third-order valence-electron chi connectivity index (χ3n) is 2.98. The Labute approximate surface area is 146 Å². The number of rotatable bonds is 4. The zero-order valence-corrected chi connectivity index (χ0v) is 15.6.